The summed E-state index contributed by atoms with van der Waals surface area (Å²) in [6, 6.07) is 5.52. The molecule has 1 aliphatic heterocycles. The van der Waals surface area contributed by atoms with E-state index in [4.69, 9.17) is 5.11 Å². The van der Waals surface area contributed by atoms with Crippen molar-refractivity contribution in [1.82, 2.24) is 15.2 Å². The minimum absolute atomic E-state index is 0.0651. The Morgan fingerprint density at radius 3 is 3.00 bits per heavy atom. The number of carbonyl (C=O) groups excluding carboxylic acids is 1. The summed E-state index contributed by atoms with van der Waals surface area (Å²) in [4.78, 5) is 28.6. The number of aliphatic carboxylic acids is 1. The van der Waals surface area contributed by atoms with Crippen LogP contribution in [0.4, 0.5) is 4.79 Å². The van der Waals surface area contributed by atoms with Gasteiger partial charge in [0, 0.05) is 25.2 Å². The van der Waals surface area contributed by atoms with E-state index in [9.17, 15) is 9.59 Å². The number of rotatable bonds is 4. The number of urea groups is 1. The normalized spacial score (nSPS) is 18.1. The second-order valence-electron chi connectivity index (χ2n) is 5.13. The molecule has 0 radical (unpaired) electrons. The number of amides is 2. The highest BCUT2D eigenvalue weighted by Gasteiger charge is 2.27. The number of nitrogens with one attached hydrogen (secondary N) is 1. The van der Waals surface area contributed by atoms with Crippen LogP contribution in [0.3, 0.4) is 0 Å². The van der Waals surface area contributed by atoms with Crippen LogP contribution in [0.25, 0.3) is 0 Å². The van der Waals surface area contributed by atoms with Gasteiger partial charge in [0.1, 0.15) is 0 Å². The fourth-order valence-corrected chi connectivity index (χ4v) is 2.41. The lowest BCUT2D eigenvalue weighted by atomic mass is 10.1. The van der Waals surface area contributed by atoms with Crippen LogP contribution in [0.15, 0.2) is 18.2 Å². The fraction of sp³-hybridized carbons (Fsp3) is 0.500. The Labute approximate surface area is 117 Å². The lowest BCUT2D eigenvalue weighted by Gasteiger charge is -2.17. The number of hydrogen-bond acceptors (Lipinski definition) is 3. The van der Waals surface area contributed by atoms with Crippen LogP contribution in [-0.4, -0.2) is 40.1 Å². The molecule has 2 amide bonds. The van der Waals surface area contributed by atoms with Crippen LogP contribution < -0.4 is 5.32 Å². The smallest absolute Gasteiger partial charge is 0.317 e. The van der Waals surface area contributed by atoms with E-state index >= 15 is 0 Å². The van der Waals surface area contributed by atoms with Crippen molar-refractivity contribution in [2.75, 3.05) is 13.1 Å². The van der Waals surface area contributed by atoms with Crippen LogP contribution in [0, 0.1) is 12.8 Å². The number of aryl methyl sites for hydroxylation is 1. The highest BCUT2D eigenvalue weighted by atomic mass is 16.4. The zero-order valence-electron chi connectivity index (χ0n) is 11.5. The second-order valence-corrected chi connectivity index (χ2v) is 5.13. The van der Waals surface area contributed by atoms with Gasteiger partial charge in [0.15, 0.2) is 0 Å². The van der Waals surface area contributed by atoms with Gasteiger partial charge >= 0.3 is 12.0 Å². The Morgan fingerprint density at radius 1 is 1.50 bits per heavy atom. The van der Waals surface area contributed by atoms with E-state index in [1.54, 1.807) is 4.90 Å². The summed E-state index contributed by atoms with van der Waals surface area (Å²) in [5.41, 5.74) is 1.74. The van der Waals surface area contributed by atoms with Gasteiger partial charge in [-0.2, -0.15) is 0 Å². The fourth-order valence-electron chi connectivity index (χ4n) is 2.41. The molecular weight excluding hydrogens is 258 g/mol. The van der Waals surface area contributed by atoms with Gasteiger partial charge < -0.3 is 15.3 Å². The molecule has 0 bridgehead atoms. The Kier molecular flexibility index (Phi) is 4.55. The highest BCUT2D eigenvalue weighted by Crippen LogP contribution is 2.19. The van der Waals surface area contributed by atoms with E-state index in [1.807, 2.05) is 25.1 Å². The SMILES string of the molecule is Cc1cccc(CNC(=O)N2CCC(CC(=O)O)C2)n1. The number of carbonyl (C=O) groups is 2. The van der Waals surface area contributed by atoms with Crippen LogP contribution in [0.2, 0.25) is 0 Å². The first-order chi connectivity index (χ1) is 9.54. The Bertz CT molecular complexity index is 504. The molecule has 6 nitrogen and oxygen atoms in total. The van der Waals surface area contributed by atoms with E-state index in [-0.39, 0.29) is 18.4 Å². The molecule has 0 aromatic carbocycles. The van der Waals surface area contributed by atoms with Crippen molar-refractivity contribution in [1.29, 1.82) is 0 Å². The van der Waals surface area contributed by atoms with Gasteiger partial charge in [-0.25, -0.2) is 4.79 Å². The third kappa shape index (κ3) is 3.94. The van der Waals surface area contributed by atoms with Crippen molar-refractivity contribution in [2.24, 2.45) is 5.92 Å². The van der Waals surface area contributed by atoms with Crippen molar-refractivity contribution < 1.29 is 14.7 Å². The number of aromatic nitrogens is 1. The van der Waals surface area contributed by atoms with E-state index in [2.05, 4.69) is 10.3 Å². The molecule has 0 spiro atoms. The molecule has 0 aliphatic carbocycles. The summed E-state index contributed by atoms with van der Waals surface area (Å²) < 4.78 is 0. The van der Waals surface area contributed by atoms with Crippen molar-refractivity contribution in [3.8, 4) is 0 Å². The molecule has 6 heteroatoms. The summed E-state index contributed by atoms with van der Waals surface area (Å²) >= 11 is 0. The highest BCUT2D eigenvalue weighted by molar-refractivity contribution is 5.74. The first-order valence-electron chi connectivity index (χ1n) is 6.71. The molecule has 1 atom stereocenters. The first kappa shape index (κ1) is 14.3. The van der Waals surface area contributed by atoms with E-state index in [0.29, 0.717) is 19.6 Å². The average Bonchev–Trinajstić information content (AvgIpc) is 2.84. The molecule has 1 aromatic heterocycles. The number of nitrogens with zero attached hydrogens (tertiary/aromatic N) is 2. The summed E-state index contributed by atoms with van der Waals surface area (Å²) in [6.07, 6.45) is 0.881. The molecule has 2 heterocycles. The van der Waals surface area contributed by atoms with Crippen molar-refractivity contribution in [2.45, 2.75) is 26.3 Å². The number of hydrogen-bond donors (Lipinski definition) is 2. The average molecular weight is 277 g/mol. The van der Waals surface area contributed by atoms with Gasteiger partial charge in [-0.3, -0.25) is 9.78 Å². The maximum absolute atomic E-state index is 12.0. The van der Waals surface area contributed by atoms with Crippen LogP contribution >= 0.6 is 0 Å². The molecule has 2 N–H and O–H groups in total. The summed E-state index contributed by atoms with van der Waals surface area (Å²) in [5.74, 6) is -0.739. The minimum atomic E-state index is -0.804. The van der Waals surface area contributed by atoms with Gasteiger partial charge in [-0.15, -0.1) is 0 Å². The molecular formula is C14H19N3O3. The number of pyridine rings is 1. The predicted molar refractivity (Wildman–Crippen MR) is 73.1 cm³/mol. The zero-order chi connectivity index (χ0) is 14.5. The molecule has 1 unspecified atom stereocenters. The van der Waals surface area contributed by atoms with E-state index < -0.39 is 5.97 Å². The molecule has 0 saturated carbocycles. The Balaban J connectivity index is 1.80. The molecule has 20 heavy (non-hydrogen) atoms. The number of likely N-dealkylation sites (tertiary alicyclic amines) is 1. The lowest BCUT2D eigenvalue weighted by molar-refractivity contribution is -0.138. The van der Waals surface area contributed by atoms with Crippen molar-refractivity contribution in [3.63, 3.8) is 0 Å². The molecule has 1 aromatic rings. The number of carboxylic acid groups (broad SMARTS) is 1. The number of carboxylic acids is 1. The molecule has 1 aliphatic rings. The topological polar surface area (TPSA) is 82.5 Å². The molecule has 1 fully saturated rings. The van der Waals surface area contributed by atoms with Crippen LogP contribution in [-0.2, 0) is 11.3 Å². The van der Waals surface area contributed by atoms with Gasteiger partial charge in [0.05, 0.1) is 12.2 Å². The monoisotopic (exact) mass is 277 g/mol. The van der Waals surface area contributed by atoms with E-state index in [1.165, 1.54) is 0 Å². The standard InChI is InChI=1S/C14H19N3O3/c1-10-3-2-4-12(16-10)8-15-14(20)17-6-5-11(9-17)7-13(18)19/h2-4,11H,5-9H2,1H3,(H,15,20)(H,18,19). The maximum atomic E-state index is 12.0. The van der Waals surface area contributed by atoms with Crippen molar-refractivity contribution in [3.05, 3.63) is 29.6 Å². The van der Waals surface area contributed by atoms with Gasteiger partial charge in [0.2, 0.25) is 0 Å². The third-order valence-electron chi connectivity index (χ3n) is 3.40. The zero-order valence-corrected chi connectivity index (χ0v) is 11.5. The first-order valence-corrected chi connectivity index (χ1v) is 6.71. The summed E-state index contributed by atoms with van der Waals surface area (Å²) in [7, 11) is 0. The van der Waals surface area contributed by atoms with E-state index in [0.717, 1.165) is 17.8 Å². The largest absolute Gasteiger partial charge is 0.481 e. The van der Waals surface area contributed by atoms with Crippen molar-refractivity contribution >= 4 is 12.0 Å². The Hall–Kier alpha value is -2.11. The third-order valence-corrected chi connectivity index (χ3v) is 3.40. The van der Waals surface area contributed by atoms with Gasteiger partial charge in [-0.1, -0.05) is 6.07 Å². The maximum Gasteiger partial charge on any atom is 0.317 e. The lowest BCUT2D eigenvalue weighted by Crippen LogP contribution is -2.38. The predicted octanol–water partition coefficient (Wildman–Crippen LogP) is 1.40. The Morgan fingerprint density at radius 2 is 2.30 bits per heavy atom. The second kappa shape index (κ2) is 6.36. The summed E-state index contributed by atoms with van der Waals surface area (Å²) in [5, 5.41) is 11.6. The van der Waals surface area contributed by atoms with Gasteiger partial charge in [0.25, 0.3) is 0 Å². The van der Waals surface area contributed by atoms with Crippen LogP contribution in [0.1, 0.15) is 24.2 Å². The quantitative estimate of drug-likeness (QED) is 0.871. The van der Waals surface area contributed by atoms with Gasteiger partial charge in [-0.05, 0) is 31.4 Å². The minimum Gasteiger partial charge on any atom is -0.481 e. The summed E-state index contributed by atoms with van der Waals surface area (Å²) in [6.45, 7) is 3.42. The molecule has 1 saturated heterocycles. The molecule has 2 rings (SSSR count). The van der Waals surface area contributed by atoms with Crippen LogP contribution in [0.5, 0.6) is 0 Å². The molecule has 108 valence electrons.